The molecule has 22 heavy (non-hydrogen) atoms. The maximum atomic E-state index is 11.8. The molecule has 118 valence electrons. The second-order valence-corrected chi connectivity index (χ2v) is 5.46. The smallest absolute Gasteiger partial charge is 0.407 e. The van der Waals surface area contributed by atoms with Crippen LogP contribution in [0.15, 0.2) is 30.3 Å². The second kappa shape index (κ2) is 8.17. The second-order valence-electron chi connectivity index (χ2n) is 5.46. The third-order valence-electron chi connectivity index (χ3n) is 3.90. The number of carbonyl (C=O) groups excluding carboxylic acids is 1. The molecule has 0 aliphatic heterocycles. The molecule has 1 aliphatic carbocycles. The van der Waals surface area contributed by atoms with Crippen molar-refractivity contribution < 1.29 is 9.53 Å². The molecule has 0 heterocycles. The van der Waals surface area contributed by atoms with Gasteiger partial charge in [0.15, 0.2) is 0 Å². The van der Waals surface area contributed by atoms with E-state index in [4.69, 9.17) is 15.6 Å². The fourth-order valence-corrected chi connectivity index (χ4v) is 2.65. The number of carbonyl (C=O) groups is 1. The van der Waals surface area contributed by atoms with E-state index in [1.807, 2.05) is 30.3 Å². The standard InChI is InChI=1S/C16H22N4O2/c17-11-19-15(18)13-6-8-14(9-7-13)20-16(21)22-10-12-4-2-1-3-5-12/h1-5,11,13-14H,6-10H2,(H,20,21)(H3,17,18,19)/t13-,14-. The van der Waals surface area contributed by atoms with E-state index in [2.05, 4.69) is 10.6 Å². The third-order valence-corrected chi connectivity index (χ3v) is 3.90. The number of amidine groups is 1. The van der Waals surface area contributed by atoms with Gasteiger partial charge in [-0.1, -0.05) is 30.3 Å². The zero-order valence-electron chi connectivity index (χ0n) is 12.5. The molecule has 4 N–H and O–H groups in total. The van der Waals surface area contributed by atoms with Gasteiger partial charge in [0.05, 0.1) is 6.34 Å². The summed E-state index contributed by atoms with van der Waals surface area (Å²) in [6, 6.07) is 9.69. The van der Waals surface area contributed by atoms with Crippen LogP contribution in [-0.2, 0) is 11.3 Å². The van der Waals surface area contributed by atoms with Gasteiger partial charge >= 0.3 is 6.09 Å². The van der Waals surface area contributed by atoms with Crippen molar-refractivity contribution in [1.29, 1.82) is 10.8 Å². The van der Waals surface area contributed by atoms with Gasteiger partial charge in [-0.15, -0.1) is 0 Å². The first-order valence-corrected chi connectivity index (χ1v) is 7.50. The molecular formula is C16H22N4O2. The summed E-state index contributed by atoms with van der Waals surface area (Å²) in [6.45, 7) is 0.274. The molecule has 1 fully saturated rings. The van der Waals surface area contributed by atoms with Gasteiger partial charge in [0.25, 0.3) is 0 Å². The molecule has 0 atom stereocenters. The van der Waals surface area contributed by atoms with Gasteiger partial charge in [-0.25, -0.2) is 4.79 Å². The number of nitrogens with one attached hydrogen (secondary N) is 4. The Morgan fingerprint density at radius 3 is 2.55 bits per heavy atom. The molecule has 0 saturated heterocycles. The van der Waals surface area contributed by atoms with Gasteiger partial charge in [0, 0.05) is 12.0 Å². The molecule has 6 heteroatoms. The topological polar surface area (TPSA) is 98.1 Å². The Hall–Kier alpha value is -2.37. The summed E-state index contributed by atoms with van der Waals surface area (Å²) in [5.41, 5.74) is 0.965. The largest absolute Gasteiger partial charge is 0.445 e. The van der Waals surface area contributed by atoms with Crippen molar-refractivity contribution in [2.24, 2.45) is 5.92 Å². The number of hydrogen-bond acceptors (Lipinski definition) is 4. The predicted molar refractivity (Wildman–Crippen MR) is 85.2 cm³/mol. The highest BCUT2D eigenvalue weighted by atomic mass is 16.5. The monoisotopic (exact) mass is 302 g/mol. The predicted octanol–water partition coefficient (Wildman–Crippen LogP) is 2.65. The van der Waals surface area contributed by atoms with Crippen LogP contribution in [-0.4, -0.2) is 24.3 Å². The van der Waals surface area contributed by atoms with E-state index >= 15 is 0 Å². The van der Waals surface area contributed by atoms with Gasteiger partial charge in [-0.3, -0.25) is 10.8 Å². The first kappa shape index (κ1) is 16.0. The summed E-state index contributed by atoms with van der Waals surface area (Å²) in [5.74, 6) is 0.542. The van der Waals surface area contributed by atoms with Crippen molar-refractivity contribution in [3.63, 3.8) is 0 Å². The van der Waals surface area contributed by atoms with Crippen molar-refractivity contribution in [3.05, 3.63) is 35.9 Å². The first-order chi connectivity index (χ1) is 10.7. The van der Waals surface area contributed by atoms with Crippen LogP contribution < -0.4 is 10.6 Å². The summed E-state index contributed by atoms with van der Waals surface area (Å²) in [7, 11) is 0. The van der Waals surface area contributed by atoms with Crippen molar-refractivity contribution in [2.75, 3.05) is 0 Å². The minimum absolute atomic E-state index is 0.104. The van der Waals surface area contributed by atoms with Gasteiger partial charge in [0.2, 0.25) is 0 Å². The molecule has 0 bridgehead atoms. The average Bonchev–Trinajstić information content (AvgIpc) is 2.55. The van der Waals surface area contributed by atoms with E-state index in [-0.39, 0.29) is 24.7 Å². The molecule has 1 saturated carbocycles. The van der Waals surface area contributed by atoms with Crippen molar-refractivity contribution in [1.82, 2.24) is 10.6 Å². The fraction of sp³-hybridized carbons (Fsp3) is 0.438. The quantitative estimate of drug-likeness (QED) is 0.497. The van der Waals surface area contributed by atoms with Crippen molar-refractivity contribution in [2.45, 2.75) is 38.3 Å². The van der Waals surface area contributed by atoms with Crippen LogP contribution in [0.25, 0.3) is 0 Å². The Morgan fingerprint density at radius 1 is 1.23 bits per heavy atom. The van der Waals surface area contributed by atoms with Crippen LogP contribution in [0.4, 0.5) is 4.79 Å². The lowest BCUT2D eigenvalue weighted by molar-refractivity contribution is 0.132. The van der Waals surface area contributed by atoms with Crippen LogP contribution in [0, 0.1) is 16.7 Å². The van der Waals surface area contributed by atoms with E-state index in [1.54, 1.807) is 0 Å². The van der Waals surface area contributed by atoms with Gasteiger partial charge < -0.3 is 15.4 Å². The fourth-order valence-electron chi connectivity index (χ4n) is 2.65. The molecule has 0 aromatic heterocycles. The number of alkyl carbamates (subject to hydrolysis) is 1. The molecule has 1 amide bonds. The highest BCUT2D eigenvalue weighted by Gasteiger charge is 2.25. The average molecular weight is 302 g/mol. The highest BCUT2D eigenvalue weighted by Crippen LogP contribution is 2.24. The van der Waals surface area contributed by atoms with E-state index < -0.39 is 0 Å². The van der Waals surface area contributed by atoms with Crippen LogP contribution in [0.1, 0.15) is 31.2 Å². The maximum absolute atomic E-state index is 11.8. The molecule has 0 unspecified atom stereocenters. The van der Waals surface area contributed by atoms with E-state index in [0.29, 0.717) is 5.84 Å². The molecule has 1 aromatic rings. The Labute approximate surface area is 130 Å². The van der Waals surface area contributed by atoms with Crippen LogP contribution in [0.5, 0.6) is 0 Å². The van der Waals surface area contributed by atoms with Crippen molar-refractivity contribution >= 4 is 18.3 Å². The van der Waals surface area contributed by atoms with Crippen LogP contribution >= 0.6 is 0 Å². The van der Waals surface area contributed by atoms with Gasteiger partial charge in [-0.2, -0.15) is 0 Å². The maximum Gasteiger partial charge on any atom is 0.407 e. The Balaban J connectivity index is 1.68. The van der Waals surface area contributed by atoms with E-state index in [0.717, 1.165) is 37.6 Å². The van der Waals surface area contributed by atoms with E-state index in [9.17, 15) is 4.79 Å². The molecule has 0 spiro atoms. The van der Waals surface area contributed by atoms with E-state index in [1.165, 1.54) is 0 Å². The molecular weight excluding hydrogens is 280 g/mol. The third kappa shape index (κ3) is 4.87. The summed E-state index contributed by atoms with van der Waals surface area (Å²) >= 11 is 0. The zero-order chi connectivity index (χ0) is 15.8. The number of rotatable bonds is 5. The van der Waals surface area contributed by atoms with Gasteiger partial charge in [0.1, 0.15) is 12.4 Å². The summed E-state index contributed by atoms with van der Waals surface area (Å²) < 4.78 is 5.21. The molecule has 1 aliphatic rings. The first-order valence-electron chi connectivity index (χ1n) is 7.50. The minimum atomic E-state index is -0.389. The SMILES string of the molecule is N=CNC(=N)[C@H]1CC[C@H](NC(=O)OCc2ccccc2)CC1. The van der Waals surface area contributed by atoms with Crippen molar-refractivity contribution in [3.8, 4) is 0 Å². The highest BCUT2D eigenvalue weighted by molar-refractivity contribution is 5.90. The van der Waals surface area contributed by atoms with Gasteiger partial charge in [-0.05, 0) is 31.2 Å². The normalized spacial score (nSPS) is 20.7. The number of amides is 1. The minimum Gasteiger partial charge on any atom is -0.445 e. The number of ether oxygens (including phenoxy) is 1. The lowest BCUT2D eigenvalue weighted by Crippen LogP contribution is -2.40. The molecule has 0 radical (unpaired) electrons. The summed E-state index contributed by atoms with van der Waals surface area (Å²) in [4.78, 5) is 11.8. The van der Waals surface area contributed by atoms with Crippen LogP contribution in [0.3, 0.4) is 0 Å². The lowest BCUT2D eigenvalue weighted by atomic mass is 9.85. The van der Waals surface area contributed by atoms with Crippen LogP contribution in [0.2, 0.25) is 0 Å². The number of hydrogen-bond donors (Lipinski definition) is 4. The molecule has 6 nitrogen and oxygen atoms in total. The molecule has 1 aromatic carbocycles. The lowest BCUT2D eigenvalue weighted by Gasteiger charge is -2.28. The summed E-state index contributed by atoms with van der Waals surface area (Å²) in [5, 5.41) is 20.2. The number of benzene rings is 1. The Kier molecular flexibility index (Phi) is 5.94. The zero-order valence-corrected chi connectivity index (χ0v) is 12.5. The Bertz CT molecular complexity index is 510. The molecule has 2 rings (SSSR count). The summed E-state index contributed by atoms with van der Waals surface area (Å²) in [6.07, 6.45) is 3.97. The Morgan fingerprint density at radius 2 is 1.91 bits per heavy atom.